The highest BCUT2D eigenvalue weighted by molar-refractivity contribution is 5.37. The quantitative estimate of drug-likeness (QED) is 0.880. The molecule has 3 nitrogen and oxygen atoms in total. The number of benzene rings is 1. The van der Waals surface area contributed by atoms with Gasteiger partial charge in [-0.2, -0.15) is 0 Å². The molecule has 106 valence electrons. The summed E-state index contributed by atoms with van der Waals surface area (Å²) in [6, 6.07) is 4.64. The van der Waals surface area contributed by atoms with Gasteiger partial charge >= 0.3 is 0 Å². The van der Waals surface area contributed by atoms with Crippen molar-refractivity contribution in [3.8, 4) is 5.75 Å². The monoisotopic (exact) mass is 267 g/mol. The predicted molar refractivity (Wildman–Crippen MR) is 73.0 cm³/mol. The van der Waals surface area contributed by atoms with Crippen molar-refractivity contribution in [1.29, 1.82) is 0 Å². The van der Waals surface area contributed by atoms with Crippen molar-refractivity contribution < 1.29 is 14.2 Å². The number of rotatable bonds is 4. The standard InChI is InChI=1S/C15H22FNO2/c1-15(2,18)10-19-14-4-3-12(16)9-13(14)11-5-7-17-8-6-11/h3-4,9,11,17-18H,5-8,10H2,1-2H3. The minimum Gasteiger partial charge on any atom is -0.490 e. The summed E-state index contributed by atoms with van der Waals surface area (Å²) in [5.41, 5.74) is 0.0329. The van der Waals surface area contributed by atoms with Crippen molar-refractivity contribution in [3.05, 3.63) is 29.6 Å². The number of hydrogen-bond acceptors (Lipinski definition) is 3. The smallest absolute Gasteiger partial charge is 0.123 e. The summed E-state index contributed by atoms with van der Waals surface area (Å²) in [4.78, 5) is 0. The lowest BCUT2D eigenvalue weighted by atomic mass is 9.89. The van der Waals surface area contributed by atoms with Gasteiger partial charge in [-0.15, -0.1) is 0 Å². The Bertz CT molecular complexity index is 423. The second-order valence-corrected chi connectivity index (χ2v) is 5.81. The second-order valence-electron chi connectivity index (χ2n) is 5.81. The van der Waals surface area contributed by atoms with Crippen LogP contribution in [0, 0.1) is 5.82 Å². The number of halogens is 1. The summed E-state index contributed by atoms with van der Waals surface area (Å²) in [6.45, 7) is 5.50. The van der Waals surface area contributed by atoms with Crippen LogP contribution in [0.2, 0.25) is 0 Å². The Balaban J connectivity index is 2.17. The summed E-state index contributed by atoms with van der Waals surface area (Å²) < 4.78 is 19.1. The Morgan fingerprint density at radius 1 is 1.37 bits per heavy atom. The average Bonchev–Trinajstić information content (AvgIpc) is 2.37. The highest BCUT2D eigenvalue weighted by Crippen LogP contribution is 2.33. The van der Waals surface area contributed by atoms with Crippen LogP contribution in [0.3, 0.4) is 0 Å². The molecule has 1 saturated heterocycles. The molecule has 1 fully saturated rings. The summed E-state index contributed by atoms with van der Waals surface area (Å²) in [5, 5.41) is 13.0. The molecule has 19 heavy (non-hydrogen) atoms. The first kappa shape index (κ1) is 14.3. The maximum Gasteiger partial charge on any atom is 0.123 e. The first-order chi connectivity index (χ1) is 8.96. The second kappa shape index (κ2) is 5.88. The Kier molecular flexibility index (Phi) is 4.42. The van der Waals surface area contributed by atoms with E-state index in [2.05, 4.69) is 5.32 Å². The van der Waals surface area contributed by atoms with Crippen LogP contribution in [0.1, 0.15) is 38.2 Å². The predicted octanol–water partition coefficient (Wildman–Crippen LogP) is 2.44. The number of aliphatic hydroxyl groups is 1. The lowest BCUT2D eigenvalue weighted by Gasteiger charge is -2.26. The highest BCUT2D eigenvalue weighted by atomic mass is 19.1. The van der Waals surface area contributed by atoms with E-state index >= 15 is 0 Å². The van der Waals surface area contributed by atoms with E-state index in [-0.39, 0.29) is 12.4 Å². The molecule has 1 aromatic carbocycles. The fourth-order valence-electron chi connectivity index (χ4n) is 2.36. The van der Waals surface area contributed by atoms with Gasteiger partial charge in [0, 0.05) is 5.56 Å². The maximum absolute atomic E-state index is 13.5. The summed E-state index contributed by atoms with van der Waals surface area (Å²) in [7, 11) is 0. The molecule has 0 saturated carbocycles. The zero-order valence-electron chi connectivity index (χ0n) is 11.6. The van der Waals surface area contributed by atoms with Gasteiger partial charge in [0.1, 0.15) is 18.2 Å². The highest BCUT2D eigenvalue weighted by Gasteiger charge is 2.21. The van der Waals surface area contributed by atoms with Gasteiger partial charge in [0.25, 0.3) is 0 Å². The van der Waals surface area contributed by atoms with Crippen molar-refractivity contribution in [2.75, 3.05) is 19.7 Å². The third kappa shape index (κ3) is 4.18. The SMILES string of the molecule is CC(C)(O)COc1ccc(F)cc1C1CCNCC1. The first-order valence-electron chi connectivity index (χ1n) is 6.81. The Morgan fingerprint density at radius 2 is 2.05 bits per heavy atom. The van der Waals surface area contributed by atoms with Gasteiger partial charge in [0.15, 0.2) is 0 Å². The molecule has 1 heterocycles. The van der Waals surface area contributed by atoms with Crippen molar-refractivity contribution in [2.24, 2.45) is 0 Å². The average molecular weight is 267 g/mol. The maximum atomic E-state index is 13.5. The number of hydrogen-bond donors (Lipinski definition) is 2. The summed E-state index contributed by atoms with van der Waals surface area (Å²) in [6.07, 6.45) is 1.98. The molecule has 0 aromatic heterocycles. The van der Waals surface area contributed by atoms with Crippen LogP contribution in [0.15, 0.2) is 18.2 Å². The molecular formula is C15H22FNO2. The van der Waals surface area contributed by atoms with Gasteiger partial charge < -0.3 is 15.2 Å². The minimum atomic E-state index is -0.889. The zero-order chi connectivity index (χ0) is 13.9. The molecular weight excluding hydrogens is 245 g/mol. The molecule has 1 aliphatic heterocycles. The molecule has 4 heteroatoms. The molecule has 0 spiro atoms. The number of nitrogens with one attached hydrogen (secondary N) is 1. The molecule has 1 aromatic rings. The first-order valence-corrected chi connectivity index (χ1v) is 6.81. The Hall–Kier alpha value is -1.13. The van der Waals surface area contributed by atoms with Gasteiger partial charge in [0.05, 0.1) is 5.60 Å². The van der Waals surface area contributed by atoms with Crippen molar-refractivity contribution in [1.82, 2.24) is 5.32 Å². The van der Waals surface area contributed by atoms with Gasteiger partial charge in [0.2, 0.25) is 0 Å². The topological polar surface area (TPSA) is 41.5 Å². The molecule has 2 rings (SSSR count). The van der Waals surface area contributed by atoms with E-state index in [1.54, 1.807) is 26.0 Å². The Labute approximate surface area is 113 Å². The van der Waals surface area contributed by atoms with Crippen LogP contribution in [0.5, 0.6) is 5.75 Å². The third-order valence-corrected chi connectivity index (χ3v) is 3.33. The van der Waals surface area contributed by atoms with E-state index in [9.17, 15) is 9.50 Å². The molecule has 0 atom stereocenters. The van der Waals surface area contributed by atoms with E-state index in [1.165, 1.54) is 6.07 Å². The van der Waals surface area contributed by atoms with E-state index in [1.807, 2.05) is 0 Å². The lowest BCUT2D eigenvalue weighted by Crippen LogP contribution is -2.29. The van der Waals surface area contributed by atoms with Gasteiger partial charge in [-0.1, -0.05) is 0 Å². The van der Waals surface area contributed by atoms with E-state index in [0.29, 0.717) is 11.7 Å². The molecule has 0 amide bonds. The van der Waals surface area contributed by atoms with E-state index in [0.717, 1.165) is 31.5 Å². The molecule has 0 unspecified atom stereocenters. The fourth-order valence-corrected chi connectivity index (χ4v) is 2.36. The normalized spacial score (nSPS) is 17.5. The summed E-state index contributed by atoms with van der Waals surface area (Å²) >= 11 is 0. The van der Waals surface area contributed by atoms with Crippen LogP contribution in [-0.2, 0) is 0 Å². The van der Waals surface area contributed by atoms with Crippen molar-refractivity contribution in [3.63, 3.8) is 0 Å². The Morgan fingerprint density at radius 3 is 2.68 bits per heavy atom. The van der Waals surface area contributed by atoms with Crippen LogP contribution >= 0.6 is 0 Å². The molecule has 0 radical (unpaired) electrons. The summed E-state index contributed by atoms with van der Waals surface area (Å²) in [5.74, 6) is 0.785. The lowest BCUT2D eigenvalue weighted by molar-refractivity contribution is 0.0279. The van der Waals surface area contributed by atoms with Crippen LogP contribution in [0.25, 0.3) is 0 Å². The molecule has 0 aliphatic carbocycles. The van der Waals surface area contributed by atoms with Crippen molar-refractivity contribution in [2.45, 2.75) is 38.2 Å². The van der Waals surface area contributed by atoms with Gasteiger partial charge in [-0.3, -0.25) is 0 Å². The zero-order valence-corrected chi connectivity index (χ0v) is 11.6. The minimum absolute atomic E-state index is 0.205. The van der Waals surface area contributed by atoms with Crippen LogP contribution in [-0.4, -0.2) is 30.4 Å². The van der Waals surface area contributed by atoms with E-state index in [4.69, 9.17) is 4.74 Å². The van der Waals surface area contributed by atoms with Crippen LogP contribution in [0.4, 0.5) is 4.39 Å². The molecule has 0 bridgehead atoms. The van der Waals surface area contributed by atoms with Gasteiger partial charge in [-0.25, -0.2) is 4.39 Å². The van der Waals surface area contributed by atoms with Crippen LogP contribution < -0.4 is 10.1 Å². The molecule has 1 aliphatic rings. The van der Waals surface area contributed by atoms with Gasteiger partial charge in [-0.05, 0) is 63.9 Å². The third-order valence-electron chi connectivity index (χ3n) is 3.33. The fraction of sp³-hybridized carbons (Fsp3) is 0.600. The number of ether oxygens (including phenoxy) is 1. The number of piperidine rings is 1. The van der Waals surface area contributed by atoms with E-state index < -0.39 is 5.60 Å². The van der Waals surface area contributed by atoms with Crippen molar-refractivity contribution >= 4 is 0 Å². The largest absolute Gasteiger partial charge is 0.490 e. The molecule has 2 N–H and O–H groups in total.